The molecule has 1 aromatic heterocycles. The first-order valence-electron chi connectivity index (χ1n) is 9.33. The zero-order chi connectivity index (χ0) is 17.8. The van der Waals surface area contributed by atoms with Crippen LogP contribution < -0.4 is 5.56 Å². The lowest BCUT2D eigenvalue weighted by molar-refractivity contribution is 0.204. The van der Waals surface area contributed by atoms with Crippen LogP contribution in [0, 0.1) is 0 Å². The zero-order valence-corrected chi connectivity index (χ0v) is 14.9. The first kappa shape index (κ1) is 16.8. The largest absolute Gasteiger partial charge is 0.329 e. The molecule has 0 aliphatic carbocycles. The summed E-state index contributed by atoms with van der Waals surface area (Å²) in [6.45, 7) is 3.16. The van der Waals surface area contributed by atoms with E-state index in [1.807, 2.05) is 12.1 Å². The molecule has 3 nitrogen and oxygen atoms in total. The fraction of sp³-hybridized carbons (Fsp3) is 0.261. The van der Waals surface area contributed by atoms with Crippen LogP contribution in [0.2, 0.25) is 0 Å². The predicted octanol–water partition coefficient (Wildman–Crippen LogP) is 4.42. The van der Waals surface area contributed by atoms with Crippen LogP contribution in [0.25, 0.3) is 11.1 Å². The highest BCUT2D eigenvalue weighted by atomic mass is 16.1. The Kier molecular flexibility index (Phi) is 4.98. The minimum absolute atomic E-state index is 0.00318. The SMILES string of the molecule is O=c1cc(C2CCN(Cc3ccc(-c4ccccc4)cc3)CC2)cc[nH]1. The molecule has 4 rings (SSSR count). The van der Waals surface area contributed by atoms with Crippen molar-refractivity contribution in [3.05, 3.63) is 94.4 Å². The fourth-order valence-corrected chi connectivity index (χ4v) is 3.83. The average molecular weight is 344 g/mol. The molecule has 0 spiro atoms. The Balaban J connectivity index is 1.35. The summed E-state index contributed by atoms with van der Waals surface area (Å²) < 4.78 is 0. The molecule has 3 heteroatoms. The van der Waals surface area contributed by atoms with E-state index >= 15 is 0 Å². The highest BCUT2D eigenvalue weighted by molar-refractivity contribution is 5.63. The van der Waals surface area contributed by atoms with Gasteiger partial charge in [0.15, 0.2) is 0 Å². The monoisotopic (exact) mass is 344 g/mol. The molecule has 3 aromatic rings. The van der Waals surface area contributed by atoms with Crippen molar-refractivity contribution >= 4 is 0 Å². The molecule has 2 heterocycles. The second-order valence-electron chi connectivity index (χ2n) is 7.10. The summed E-state index contributed by atoms with van der Waals surface area (Å²) in [5.41, 5.74) is 5.07. The Morgan fingerprint density at radius 2 is 1.58 bits per heavy atom. The average Bonchev–Trinajstić information content (AvgIpc) is 2.70. The summed E-state index contributed by atoms with van der Waals surface area (Å²) >= 11 is 0. The Morgan fingerprint density at radius 3 is 2.27 bits per heavy atom. The van der Waals surface area contributed by atoms with Crippen LogP contribution >= 0.6 is 0 Å². The molecule has 1 N–H and O–H groups in total. The van der Waals surface area contributed by atoms with Crippen LogP contribution in [0.1, 0.15) is 29.9 Å². The van der Waals surface area contributed by atoms with Crippen LogP contribution in [0.5, 0.6) is 0 Å². The summed E-state index contributed by atoms with van der Waals surface area (Å²) in [6.07, 6.45) is 4.00. The van der Waals surface area contributed by atoms with Gasteiger partial charge in [-0.15, -0.1) is 0 Å². The topological polar surface area (TPSA) is 36.1 Å². The summed E-state index contributed by atoms with van der Waals surface area (Å²) in [7, 11) is 0. The predicted molar refractivity (Wildman–Crippen MR) is 106 cm³/mol. The molecule has 0 radical (unpaired) electrons. The third-order valence-corrected chi connectivity index (χ3v) is 5.33. The minimum atomic E-state index is 0.00318. The van der Waals surface area contributed by atoms with Crippen molar-refractivity contribution in [1.82, 2.24) is 9.88 Å². The Hall–Kier alpha value is -2.65. The number of likely N-dealkylation sites (tertiary alicyclic amines) is 1. The molecular formula is C23H24N2O. The van der Waals surface area contributed by atoms with E-state index in [4.69, 9.17) is 0 Å². The van der Waals surface area contributed by atoms with Gasteiger partial charge in [0, 0.05) is 18.8 Å². The van der Waals surface area contributed by atoms with Gasteiger partial charge in [-0.3, -0.25) is 9.69 Å². The molecule has 132 valence electrons. The van der Waals surface area contributed by atoms with E-state index in [9.17, 15) is 4.79 Å². The molecule has 1 aliphatic rings. The number of hydrogen-bond donors (Lipinski definition) is 1. The van der Waals surface area contributed by atoms with Crippen molar-refractivity contribution in [3.63, 3.8) is 0 Å². The summed E-state index contributed by atoms with van der Waals surface area (Å²) in [5, 5.41) is 0. The lowest BCUT2D eigenvalue weighted by Crippen LogP contribution is -2.32. The van der Waals surface area contributed by atoms with Crippen LogP contribution in [-0.4, -0.2) is 23.0 Å². The molecule has 1 saturated heterocycles. The van der Waals surface area contributed by atoms with E-state index < -0.39 is 0 Å². The summed E-state index contributed by atoms with van der Waals surface area (Å²) in [4.78, 5) is 16.7. The first-order chi connectivity index (χ1) is 12.8. The third-order valence-electron chi connectivity index (χ3n) is 5.33. The van der Waals surface area contributed by atoms with Crippen molar-refractivity contribution < 1.29 is 0 Å². The van der Waals surface area contributed by atoms with Crippen molar-refractivity contribution in [1.29, 1.82) is 0 Å². The molecule has 0 amide bonds. The number of benzene rings is 2. The number of aromatic nitrogens is 1. The maximum absolute atomic E-state index is 11.5. The molecule has 0 atom stereocenters. The number of aromatic amines is 1. The number of nitrogens with zero attached hydrogens (tertiary/aromatic N) is 1. The lowest BCUT2D eigenvalue weighted by atomic mass is 9.90. The van der Waals surface area contributed by atoms with Crippen LogP contribution in [0.3, 0.4) is 0 Å². The summed E-state index contributed by atoms with van der Waals surface area (Å²) in [6, 6.07) is 23.2. The van der Waals surface area contributed by atoms with Crippen molar-refractivity contribution in [2.24, 2.45) is 0 Å². The van der Waals surface area contributed by atoms with E-state index in [1.54, 1.807) is 12.3 Å². The van der Waals surface area contributed by atoms with Crippen molar-refractivity contribution in [2.75, 3.05) is 13.1 Å². The van der Waals surface area contributed by atoms with Gasteiger partial charge >= 0.3 is 0 Å². The highest BCUT2D eigenvalue weighted by Crippen LogP contribution is 2.28. The smallest absolute Gasteiger partial charge is 0.248 e. The first-order valence-corrected chi connectivity index (χ1v) is 9.33. The number of piperidine rings is 1. The number of H-pyrrole nitrogens is 1. The second-order valence-corrected chi connectivity index (χ2v) is 7.10. The third kappa shape index (κ3) is 3.94. The quantitative estimate of drug-likeness (QED) is 0.760. The Bertz CT molecular complexity index is 891. The van der Waals surface area contributed by atoms with Gasteiger partial charge < -0.3 is 4.98 Å². The molecule has 0 bridgehead atoms. The molecule has 2 aromatic carbocycles. The van der Waals surface area contributed by atoms with E-state index in [0.717, 1.165) is 32.5 Å². The van der Waals surface area contributed by atoms with Crippen LogP contribution in [-0.2, 0) is 6.54 Å². The Labute approximate surface area is 154 Å². The number of rotatable bonds is 4. The fourth-order valence-electron chi connectivity index (χ4n) is 3.83. The number of pyridine rings is 1. The van der Waals surface area contributed by atoms with Gasteiger partial charge in [0.25, 0.3) is 0 Å². The molecule has 1 fully saturated rings. The maximum atomic E-state index is 11.5. The molecule has 0 unspecified atom stereocenters. The maximum Gasteiger partial charge on any atom is 0.248 e. The lowest BCUT2D eigenvalue weighted by Gasteiger charge is -2.32. The van der Waals surface area contributed by atoms with Gasteiger partial charge in [-0.1, -0.05) is 54.6 Å². The second kappa shape index (κ2) is 7.71. The molecular weight excluding hydrogens is 320 g/mol. The normalized spacial score (nSPS) is 15.8. The van der Waals surface area contributed by atoms with E-state index in [0.29, 0.717) is 5.92 Å². The molecule has 26 heavy (non-hydrogen) atoms. The van der Waals surface area contributed by atoms with Gasteiger partial charge in [0.2, 0.25) is 5.56 Å². The van der Waals surface area contributed by atoms with Crippen LogP contribution in [0.15, 0.2) is 77.7 Å². The minimum Gasteiger partial charge on any atom is -0.329 e. The summed E-state index contributed by atoms with van der Waals surface area (Å²) in [5.74, 6) is 0.508. The Morgan fingerprint density at radius 1 is 0.885 bits per heavy atom. The van der Waals surface area contributed by atoms with Crippen molar-refractivity contribution in [3.8, 4) is 11.1 Å². The van der Waals surface area contributed by atoms with Gasteiger partial charge in [-0.25, -0.2) is 0 Å². The molecule has 0 saturated carbocycles. The zero-order valence-electron chi connectivity index (χ0n) is 14.9. The highest BCUT2D eigenvalue weighted by Gasteiger charge is 2.20. The van der Waals surface area contributed by atoms with E-state index in [2.05, 4.69) is 58.4 Å². The number of hydrogen-bond acceptors (Lipinski definition) is 2. The van der Waals surface area contributed by atoms with Crippen molar-refractivity contribution in [2.45, 2.75) is 25.3 Å². The van der Waals surface area contributed by atoms with Crippen LogP contribution in [0.4, 0.5) is 0 Å². The number of nitrogens with one attached hydrogen (secondary N) is 1. The van der Waals surface area contributed by atoms with Gasteiger partial charge in [-0.05, 0) is 60.2 Å². The standard InChI is InChI=1S/C23H24N2O/c26-23-16-22(10-13-24-23)21-11-14-25(15-12-21)17-18-6-8-20(9-7-18)19-4-2-1-3-5-19/h1-10,13,16,21H,11-12,14-15,17H2,(H,24,26). The van der Waals surface area contributed by atoms with Gasteiger partial charge in [0.1, 0.15) is 0 Å². The van der Waals surface area contributed by atoms with E-state index in [-0.39, 0.29) is 5.56 Å². The van der Waals surface area contributed by atoms with E-state index in [1.165, 1.54) is 22.3 Å². The van der Waals surface area contributed by atoms with Gasteiger partial charge in [-0.2, -0.15) is 0 Å². The van der Waals surface area contributed by atoms with Gasteiger partial charge in [0.05, 0.1) is 0 Å². The molecule has 1 aliphatic heterocycles.